The zero-order valence-corrected chi connectivity index (χ0v) is 12.5. The van der Waals surface area contributed by atoms with E-state index in [9.17, 15) is 5.11 Å². The van der Waals surface area contributed by atoms with Gasteiger partial charge in [0.2, 0.25) is 5.89 Å². The third-order valence-electron chi connectivity index (χ3n) is 4.20. The van der Waals surface area contributed by atoms with Crippen molar-refractivity contribution in [3.8, 4) is 11.5 Å². The van der Waals surface area contributed by atoms with Crippen molar-refractivity contribution in [3.63, 3.8) is 0 Å². The third-order valence-corrected chi connectivity index (χ3v) is 4.20. The van der Waals surface area contributed by atoms with Gasteiger partial charge in [-0.1, -0.05) is 17.7 Å². The van der Waals surface area contributed by atoms with E-state index in [0.717, 1.165) is 43.7 Å². The molecule has 2 heterocycles. The van der Waals surface area contributed by atoms with E-state index >= 15 is 0 Å². The van der Waals surface area contributed by atoms with Crippen LogP contribution in [0.5, 0.6) is 0 Å². The smallest absolute Gasteiger partial charge is 0.226 e. The normalized spacial score (nSPS) is 17.2. The van der Waals surface area contributed by atoms with E-state index in [4.69, 9.17) is 4.42 Å². The third kappa shape index (κ3) is 3.52. The minimum absolute atomic E-state index is 0.315. The molecule has 1 aliphatic rings. The summed E-state index contributed by atoms with van der Waals surface area (Å²) in [5.74, 6) is 1.16. The standard InChI is InChI=1S/C17H22N2O2/c1-13-2-4-15(5-3-13)17-18-16(12-21-17)10-19-8-6-14(11-20)7-9-19/h2-5,12,14,20H,6-11H2,1H3. The van der Waals surface area contributed by atoms with E-state index in [1.54, 1.807) is 6.26 Å². The number of hydrogen-bond donors (Lipinski definition) is 1. The molecule has 3 rings (SSSR count). The summed E-state index contributed by atoms with van der Waals surface area (Å²) in [7, 11) is 0. The van der Waals surface area contributed by atoms with Crippen LogP contribution < -0.4 is 0 Å². The first kappa shape index (κ1) is 14.3. The number of aliphatic hydroxyl groups is 1. The number of aliphatic hydroxyl groups excluding tert-OH is 1. The van der Waals surface area contributed by atoms with E-state index in [1.807, 2.05) is 12.1 Å². The van der Waals surface area contributed by atoms with Crippen LogP contribution in [0.3, 0.4) is 0 Å². The molecule has 1 aromatic heterocycles. The maximum absolute atomic E-state index is 9.17. The van der Waals surface area contributed by atoms with Gasteiger partial charge in [0, 0.05) is 18.7 Å². The number of oxazole rings is 1. The Balaban J connectivity index is 1.62. The highest BCUT2D eigenvalue weighted by atomic mass is 16.3. The zero-order valence-electron chi connectivity index (χ0n) is 12.5. The van der Waals surface area contributed by atoms with Gasteiger partial charge in [0.1, 0.15) is 6.26 Å². The fraction of sp³-hybridized carbons (Fsp3) is 0.471. The highest BCUT2D eigenvalue weighted by molar-refractivity contribution is 5.53. The van der Waals surface area contributed by atoms with Crippen LogP contribution in [0.15, 0.2) is 34.9 Å². The van der Waals surface area contributed by atoms with Crippen molar-refractivity contribution < 1.29 is 9.52 Å². The predicted molar refractivity (Wildman–Crippen MR) is 81.8 cm³/mol. The highest BCUT2D eigenvalue weighted by Gasteiger charge is 2.19. The summed E-state index contributed by atoms with van der Waals surface area (Å²) < 4.78 is 5.60. The van der Waals surface area contributed by atoms with Crippen LogP contribution in [0.4, 0.5) is 0 Å². The van der Waals surface area contributed by atoms with E-state index in [1.165, 1.54) is 5.56 Å². The van der Waals surface area contributed by atoms with E-state index in [0.29, 0.717) is 18.4 Å². The van der Waals surface area contributed by atoms with Gasteiger partial charge in [0.05, 0.1) is 5.69 Å². The lowest BCUT2D eigenvalue weighted by atomic mass is 9.98. The lowest BCUT2D eigenvalue weighted by Crippen LogP contribution is -2.34. The number of aryl methyl sites for hydroxylation is 1. The number of hydrogen-bond acceptors (Lipinski definition) is 4. The fourth-order valence-corrected chi connectivity index (χ4v) is 2.76. The van der Waals surface area contributed by atoms with Gasteiger partial charge in [0.15, 0.2) is 0 Å². The van der Waals surface area contributed by atoms with Crippen LogP contribution in [0.1, 0.15) is 24.1 Å². The van der Waals surface area contributed by atoms with Crippen LogP contribution in [-0.4, -0.2) is 34.7 Å². The van der Waals surface area contributed by atoms with Crippen molar-refractivity contribution >= 4 is 0 Å². The molecule has 0 saturated carbocycles. The van der Waals surface area contributed by atoms with Gasteiger partial charge in [0.25, 0.3) is 0 Å². The second-order valence-corrected chi connectivity index (χ2v) is 5.91. The molecule has 1 saturated heterocycles. The minimum Gasteiger partial charge on any atom is -0.444 e. The number of piperidine rings is 1. The molecule has 2 aromatic rings. The van der Waals surface area contributed by atoms with Gasteiger partial charge in [-0.2, -0.15) is 0 Å². The molecule has 0 amide bonds. The van der Waals surface area contributed by atoms with Crippen molar-refractivity contribution in [3.05, 3.63) is 41.8 Å². The lowest BCUT2D eigenvalue weighted by Gasteiger charge is -2.30. The molecule has 0 spiro atoms. The van der Waals surface area contributed by atoms with Crippen molar-refractivity contribution in [2.75, 3.05) is 19.7 Å². The molecule has 1 N–H and O–H groups in total. The molecule has 0 aliphatic carbocycles. The second kappa shape index (κ2) is 6.41. The topological polar surface area (TPSA) is 49.5 Å². The molecule has 1 aliphatic heterocycles. The Kier molecular flexibility index (Phi) is 4.36. The molecule has 21 heavy (non-hydrogen) atoms. The number of likely N-dealkylation sites (tertiary alicyclic amines) is 1. The fourth-order valence-electron chi connectivity index (χ4n) is 2.76. The largest absolute Gasteiger partial charge is 0.444 e. The van der Waals surface area contributed by atoms with Gasteiger partial charge in [-0.25, -0.2) is 4.98 Å². The molecule has 4 nitrogen and oxygen atoms in total. The lowest BCUT2D eigenvalue weighted by molar-refractivity contribution is 0.126. The first-order chi connectivity index (χ1) is 10.2. The molecule has 1 aromatic carbocycles. The zero-order chi connectivity index (χ0) is 14.7. The van der Waals surface area contributed by atoms with Gasteiger partial charge >= 0.3 is 0 Å². The molecule has 0 atom stereocenters. The van der Waals surface area contributed by atoms with Crippen molar-refractivity contribution in [1.29, 1.82) is 0 Å². The minimum atomic E-state index is 0.315. The Bertz CT molecular complexity index is 569. The SMILES string of the molecule is Cc1ccc(-c2nc(CN3CCC(CO)CC3)co2)cc1. The van der Waals surface area contributed by atoms with E-state index in [-0.39, 0.29) is 0 Å². The van der Waals surface area contributed by atoms with Gasteiger partial charge < -0.3 is 9.52 Å². The Morgan fingerprint density at radius 2 is 1.95 bits per heavy atom. The molecule has 112 valence electrons. The summed E-state index contributed by atoms with van der Waals surface area (Å²) in [6.45, 7) is 5.26. The first-order valence-electron chi connectivity index (χ1n) is 7.59. The number of benzene rings is 1. The summed E-state index contributed by atoms with van der Waals surface area (Å²) in [4.78, 5) is 6.96. The molecule has 0 radical (unpaired) electrons. The quantitative estimate of drug-likeness (QED) is 0.939. The maximum atomic E-state index is 9.17. The van der Waals surface area contributed by atoms with Crippen LogP contribution in [-0.2, 0) is 6.54 Å². The molecule has 4 heteroatoms. The van der Waals surface area contributed by atoms with Crippen molar-refractivity contribution in [1.82, 2.24) is 9.88 Å². The number of aromatic nitrogens is 1. The molecule has 1 fully saturated rings. The van der Waals surface area contributed by atoms with Gasteiger partial charge in [-0.3, -0.25) is 4.90 Å². The molecular formula is C17H22N2O2. The number of nitrogens with zero attached hydrogens (tertiary/aromatic N) is 2. The molecular weight excluding hydrogens is 264 g/mol. The van der Waals surface area contributed by atoms with Crippen molar-refractivity contribution in [2.24, 2.45) is 5.92 Å². The Morgan fingerprint density at radius 1 is 1.24 bits per heavy atom. The van der Waals surface area contributed by atoms with Crippen LogP contribution in [0.2, 0.25) is 0 Å². The maximum Gasteiger partial charge on any atom is 0.226 e. The molecule has 0 unspecified atom stereocenters. The summed E-state index contributed by atoms with van der Waals surface area (Å²) in [6.07, 6.45) is 3.89. The first-order valence-corrected chi connectivity index (χ1v) is 7.59. The van der Waals surface area contributed by atoms with Crippen LogP contribution in [0, 0.1) is 12.8 Å². The summed E-state index contributed by atoms with van der Waals surface area (Å²) in [5.41, 5.74) is 3.23. The predicted octanol–water partition coefficient (Wildman–Crippen LogP) is 2.85. The summed E-state index contributed by atoms with van der Waals surface area (Å²) >= 11 is 0. The monoisotopic (exact) mass is 286 g/mol. The summed E-state index contributed by atoms with van der Waals surface area (Å²) in [6, 6.07) is 8.22. The Labute approximate surface area is 125 Å². The van der Waals surface area contributed by atoms with Crippen LogP contribution in [0.25, 0.3) is 11.5 Å². The van der Waals surface area contributed by atoms with Crippen molar-refractivity contribution in [2.45, 2.75) is 26.3 Å². The molecule has 0 bridgehead atoms. The average molecular weight is 286 g/mol. The van der Waals surface area contributed by atoms with E-state index in [2.05, 4.69) is 28.9 Å². The van der Waals surface area contributed by atoms with E-state index < -0.39 is 0 Å². The van der Waals surface area contributed by atoms with Crippen LogP contribution >= 0.6 is 0 Å². The summed E-state index contributed by atoms with van der Waals surface area (Å²) in [5, 5.41) is 9.17. The van der Waals surface area contributed by atoms with Gasteiger partial charge in [-0.15, -0.1) is 0 Å². The Morgan fingerprint density at radius 3 is 2.62 bits per heavy atom. The Hall–Kier alpha value is -1.65. The average Bonchev–Trinajstić information content (AvgIpc) is 2.97. The number of rotatable bonds is 4. The highest BCUT2D eigenvalue weighted by Crippen LogP contribution is 2.22. The second-order valence-electron chi connectivity index (χ2n) is 5.91. The van der Waals surface area contributed by atoms with Gasteiger partial charge in [-0.05, 0) is 50.9 Å².